The largest absolute Gasteiger partial charge is 1.00 e. The second-order valence-corrected chi connectivity index (χ2v) is 16.3. The van der Waals surface area contributed by atoms with Crippen LogP contribution in [-0.2, 0) is 20.2 Å². The third-order valence-electron chi connectivity index (χ3n) is 8.62. The molecule has 16 nitrogen and oxygen atoms in total. The molecule has 302 valence electrons. The quantitative estimate of drug-likeness (QED) is 0.0502. The van der Waals surface area contributed by atoms with Gasteiger partial charge in [-0.2, -0.15) is 27.1 Å². The van der Waals surface area contributed by atoms with E-state index < -0.39 is 64.7 Å². The molecule has 7 aromatic rings. The molecule has 0 bridgehead atoms. The predicted molar refractivity (Wildman–Crippen MR) is 222 cm³/mol. The average molecular weight is 930 g/mol. The molecule has 4 N–H and O–H groups in total. The first-order valence-electron chi connectivity index (χ1n) is 17.0. The van der Waals surface area contributed by atoms with E-state index in [1.54, 1.807) is 0 Å². The van der Waals surface area contributed by atoms with Crippen LogP contribution in [-0.4, -0.2) is 47.9 Å². The molecule has 0 atom stereocenters. The molecule has 22 heteroatoms. The smallest absolute Gasteiger partial charge is 0.871 e. The van der Waals surface area contributed by atoms with Crippen LogP contribution in [0, 0.1) is 0 Å². The standard InChI is InChI=1S/C40H26Cl2N6O10S2.2Na/c41-25-6-12-27(13-7-25)45-47-35-33(59(53,54)55)17-21-4-10-29(19-31(21)37(35)49)43-39(51)23-2-1-3-24(16-23)40(52)44-30-11-5-22-18-34(60(56,57)58)36(38(50)32(22)20-30)48-46-28-14-8-26(42)9-15-28;;/h1-20,49-50H,(H,43,51)(H,44,52)(H,53,54,55)(H,56,57,58);;/q;2*+1/p-2. The Balaban J connectivity index is 0.00000363. The van der Waals surface area contributed by atoms with Crippen LogP contribution in [0.5, 0.6) is 11.5 Å². The molecule has 0 aliphatic rings. The van der Waals surface area contributed by atoms with Crippen molar-refractivity contribution in [3.8, 4) is 11.5 Å². The van der Waals surface area contributed by atoms with Crippen LogP contribution in [0.15, 0.2) is 162 Å². The summed E-state index contributed by atoms with van der Waals surface area (Å²) in [5, 5.41) is 65.5. The fourth-order valence-electron chi connectivity index (χ4n) is 5.76. The van der Waals surface area contributed by atoms with Crippen molar-refractivity contribution in [1.82, 2.24) is 0 Å². The van der Waals surface area contributed by atoms with Gasteiger partial charge in [-0.15, -0.1) is 10.2 Å². The molecule has 0 radical (unpaired) electrons. The summed E-state index contributed by atoms with van der Waals surface area (Å²) in [7, 11) is -9.82. The molecule has 0 unspecified atom stereocenters. The van der Waals surface area contributed by atoms with Gasteiger partial charge < -0.3 is 20.4 Å². The molecule has 0 fully saturated rings. The van der Waals surface area contributed by atoms with Crippen LogP contribution in [0.25, 0.3) is 21.5 Å². The summed E-state index contributed by atoms with van der Waals surface area (Å²) in [6.07, 6.45) is 0. The minimum Gasteiger partial charge on any atom is -0.871 e. The van der Waals surface area contributed by atoms with Crippen LogP contribution >= 0.6 is 23.2 Å². The van der Waals surface area contributed by atoms with Gasteiger partial charge in [-0.05, 0) is 125 Å². The summed E-state index contributed by atoms with van der Waals surface area (Å²) in [6.45, 7) is 0. The van der Waals surface area contributed by atoms with Crippen LogP contribution in [0.2, 0.25) is 10.0 Å². The number of halogens is 2. The van der Waals surface area contributed by atoms with E-state index in [1.165, 1.54) is 109 Å². The van der Waals surface area contributed by atoms with E-state index in [4.69, 9.17) is 23.2 Å². The van der Waals surface area contributed by atoms with Crippen molar-refractivity contribution in [2.75, 3.05) is 0 Å². The van der Waals surface area contributed by atoms with Gasteiger partial charge >= 0.3 is 59.1 Å². The molecule has 62 heavy (non-hydrogen) atoms. The van der Waals surface area contributed by atoms with E-state index in [1.807, 2.05) is 0 Å². The van der Waals surface area contributed by atoms with E-state index in [2.05, 4.69) is 30.4 Å². The first-order chi connectivity index (χ1) is 28.4. The van der Waals surface area contributed by atoms with E-state index >= 15 is 0 Å². The molecular formula is C40H24Cl2N6Na2O10S2. The summed E-state index contributed by atoms with van der Waals surface area (Å²) < 4.78 is 68.6. The van der Waals surface area contributed by atoms with Gasteiger partial charge in [0.25, 0.3) is 20.2 Å². The first kappa shape index (κ1) is 48.2. The Bertz CT molecular complexity index is 3020. The SMILES string of the molecule is O=S(=O)(O)c1cc2ccc(N=C(O)c3cccc(C(O)=Nc4ccc5cc(S(=O)(=O)O)c(N=Nc6ccc(Cl)cc6)c([O-])c5c4)c3)cc2c([O-])c1N=Nc1ccc(Cl)cc1.[Na+].[Na+]. The Morgan fingerprint density at radius 3 is 1.19 bits per heavy atom. The molecule has 0 spiro atoms. The molecule has 0 aliphatic heterocycles. The maximum atomic E-state index is 13.5. The summed E-state index contributed by atoms with van der Waals surface area (Å²) in [5.74, 6) is -2.89. The minimum absolute atomic E-state index is 0. The number of aliphatic imine (C=N–C) groups is 2. The van der Waals surface area contributed by atoms with Gasteiger partial charge in [-0.1, -0.05) is 52.9 Å². The average Bonchev–Trinajstić information content (AvgIpc) is 3.21. The zero-order valence-electron chi connectivity index (χ0n) is 32.0. The molecule has 7 aromatic carbocycles. The zero-order valence-corrected chi connectivity index (χ0v) is 39.2. The number of aliphatic hydroxyl groups is 2. The number of aliphatic hydroxyl groups excluding tert-OH is 2. The summed E-state index contributed by atoms with van der Waals surface area (Å²) >= 11 is 11.8. The van der Waals surface area contributed by atoms with Crippen molar-refractivity contribution in [3.63, 3.8) is 0 Å². The monoisotopic (exact) mass is 928 g/mol. The van der Waals surface area contributed by atoms with E-state index in [0.29, 0.717) is 10.0 Å². The molecule has 0 saturated carbocycles. The Kier molecular flexibility index (Phi) is 15.3. The Morgan fingerprint density at radius 2 is 0.839 bits per heavy atom. The van der Waals surface area contributed by atoms with Gasteiger partial charge in [0, 0.05) is 21.2 Å². The fraction of sp³-hybridized carbons (Fsp3) is 0. The summed E-state index contributed by atoms with van der Waals surface area (Å²) in [5.41, 5.74) is -0.493. The molecule has 0 aromatic heterocycles. The molecule has 0 heterocycles. The Labute approximate surface area is 406 Å². The van der Waals surface area contributed by atoms with Gasteiger partial charge in [0.05, 0.1) is 34.1 Å². The number of hydrogen-bond donors (Lipinski definition) is 4. The first-order valence-corrected chi connectivity index (χ1v) is 20.6. The van der Waals surface area contributed by atoms with Crippen LogP contribution < -0.4 is 69.3 Å². The number of benzene rings is 7. The third-order valence-corrected chi connectivity index (χ3v) is 10.9. The fourth-order valence-corrected chi connectivity index (χ4v) is 7.31. The topological polar surface area (TPSA) is 269 Å². The second-order valence-electron chi connectivity index (χ2n) is 12.7. The number of nitrogens with zero attached hydrogens (tertiary/aromatic N) is 6. The van der Waals surface area contributed by atoms with Gasteiger partial charge in [0.2, 0.25) is 11.8 Å². The van der Waals surface area contributed by atoms with Crippen LogP contribution in [0.1, 0.15) is 11.1 Å². The number of fused-ring (bicyclic) bond motifs is 2. The minimum atomic E-state index is -4.91. The molecule has 0 aliphatic carbocycles. The predicted octanol–water partition coefficient (Wildman–Crippen LogP) is 4.05. The van der Waals surface area contributed by atoms with Gasteiger partial charge in [-0.25, -0.2) is 9.98 Å². The second kappa shape index (κ2) is 19.7. The van der Waals surface area contributed by atoms with Crippen molar-refractivity contribution < 1.29 is 105 Å². The summed E-state index contributed by atoms with van der Waals surface area (Å²) in [6, 6.07) is 27.9. The van der Waals surface area contributed by atoms with Crippen molar-refractivity contribution in [3.05, 3.63) is 142 Å². The van der Waals surface area contributed by atoms with Gasteiger partial charge in [-0.3, -0.25) is 9.11 Å². The van der Waals surface area contributed by atoms with Gasteiger partial charge in [0.15, 0.2) is 0 Å². The maximum Gasteiger partial charge on any atom is 1.00 e. The van der Waals surface area contributed by atoms with Crippen molar-refractivity contribution in [2.45, 2.75) is 9.79 Å². The zero-order chi connectivity index (χ0) is 42.9. The molecule has 0 amide bonds. The van der Waals surface area contributed by atoms with Crippen molar-refractivity contribution in [1.29, 1.82) is 0 Å². The van der Waals surface area contributed by atoms with Crippen molar-refractivity contribution in [2.24, 2.45) is 30.4 Å². The number of azo groups is 2. The molecular weight excluding hydrogens is 905 g/mol. The van der Waals surface area contributed by atoms with Crippen LogP contribution in [0.4, 0.5) is 34.1 Å². The Morgan fingerprint density at radius 1 is 0.484 bits per heavy atom. The normalized spacial score (nSPS) is 12.5. The maximum absolute atomic E-state index is 13.5. The Hall–Kier alpha value is -4.80. The van der Waals surface area contributed by atoms with Gasteiger partial charge in [0.1, 0.15) is 9.79 Å². The number of rotatable bonds is 10. The van der Waals surface area contributed by atoms with E-state index in [9.17, 15) is 46.4 Å². The summed E-state index contributed by atoms with van der Waals surface area (Å²) in [4.78, 5) is 6.84. The number of hydrogen-bond acceptors (Lipinski definition) is 12. The van der Waals surface area contributed by atoms with E-state index in [0.717, 1.165) is 12.1 Å². The molecule has 7 rings (SSSR count). The van der Waals surface area contributed by atoms with Crippen molar-refractivity contribution >= 4 is 111 Å². The molecule has 0 saturated heterocycles. The van der Waals surface area contributed by atoms with E-state index in [-0.39, 0.29) is 115 Å². The van der Waals surface area contributed by atoms with Crippen LogP contribution in [0.3, 0.4) is 0 Å². The third kappa shape index (κ3) is 11.0.